The number of aryl methyl sites for hydroxylation is 1. The predicted molar refractivity (Wildman–Crippen MR) is 63.5 cm³/mol. The monoisotopic (exact) mass is 237 g/mol. The van der Waals surface area contributed by atoms with Gasteiger partial charge in [-0.15, -0.1) is 0 Å². The zero-order valence-corrected chi connectivity index (χ0v) is 10.3. The minimum atomic E-state index is 0.374. The largest absolute Gasteiger partial charge is 0.340 e. The smallest absolute Gasteiger partial charge is 0.223 e. The molecule has 1 N–H and O–H groups in total. The summed E-state index contributed by atoms with van der Waals surface area (Å²) >= 11 is 1.72. The van der Waals surface area contributed by atoms with Crippen LogP contribution in [0.2, 0.25) is 0 Å². The van der Waals surface area contributed by atoms with Crippen LogP contribution in [0.3, 0.4) is 0 Å². The van der Waals surface area contributed by atoms with Crippen LogP contribution in [0.15, 0.2) is 21.3 Å². The number of rotatable bonds is 5. The Hall–Kier alpha value is -1.20. The van der Waals surface area contributed by atoms with E-state index in [0.717, 1.165) is 18.8 Å². The van der Waals surface area contributed by atoms with Crippen molar-refractivity contribution < 1.29 is 4.52 Å². The minimum absolute atomic E-state index is 0.374. The number of nitrogens with one attached hydrogen (secondary N) is 1. The summed E-state index contributed by atoms with van der Waals surface area (Å²) in [5.41, 5.74) is 1.33. The van der Waals surface area contributed by atoms with Crippen LogP contribution in [0.25, 0.3) is 0 Å². The summed E-state index contributed by atoms with van der Waals surface area (Å²) in [6.45, 7) is 4.82. The fourth-order valence-corrected chi connectivity index (χ4v) is 2.24. The van der Waals surface area contributed by atoms with Crippen LogP contribution in [0.1, 0.15) is 30.2 Å². The summed E-state index contributed by atoms with van der Waals surface area (Å²) in [6, 6.07) is 2.51. The van der Waals surface area contributed by atoms with Crippen LogP contribution >= 0.6 is 11.3 Å². The first kappa shape index (κ1) is 11.3. The Labute approximate surface area is 98.7 Å². The molecule has 0 radical (unpaired) electrons. The van der Waals surface area contributed by atoms with Crippen molar-refractivity contribution in [1.82, 2.24) is 15.5 Å². The Kier molecular flexibility index (Phi) is 3.69. The van der Waals surface area contributed by atoms with Crippen molar-refractivity contribution in [3.8, 4) is 0 Å². The first-order valence-corrected chi connectivity index (χ1v) is 6.24. The SMILES string of the molecule is Cc1nc(CCNC(C)c2ccsc2)no1. The Morgan fingerprint density at radius 3 is 3.06 bits per heavy atom. The van der Waals surface area contributed by atoms with Crippen molar-refractivity contribution in [2.45, 2.75) is 26.3 Å². The molecular weight excluding hydrogens is 222 g/mol. The third kappa shape index (κ3) is 2.90. The average molecular weight is 237 g/mol. The molecule has 0 aromatic carbocycles. The van der Waals surface area contributed by atoms with Crippen LogP contribution in [-0.2, 0) is 6.42 Å². The van der Waals surface area contributed by atoms with Gasteiger partial charge in [-0.25, -0.2) is 0 Å². The Morgan fingerprint density at radius 1 is 1.56 bits per heavy atom. The molecule has 1 atom stereocenters. The van der Waals surface area contributed by atoms with Crippen LogP contribution in [0.4, 0.5) is 0 Å². The van der Waals surface area contributed by atoms with Gasteiger partial charge in [-0.2, -0.15) is 16.3 Å². The molecule has 0 saturated heterocycles. The molecule has 2 heterocycles. The first-order chi connectivity index (χ1) is 7.75. The summed E-state index contributed by atoms with van der Waals surface area (Å²) in [4.78, 5) is 4.15. The maximum absolute atomic E-state index is 4.91. The van der Waals surface area contributed by atoms with Crippen molar-refractivity contribution in [3.63, 3.8) is 0 Å². The van der Waals surface area contributed by atoms with Gasteiger partial charge in [-0.1, -0.05) is 5.16 Å². The van der Waals surface area contributed by atoms with Gasteiger partial charge < -0.3 is 9.84 Å². The number of aromatic nitrogens is 2. The molecule has 0 fully saturated rings. The Balaban J connectivity index is 1.76. The molecule has 86 valence electrons. The minimum Gasteiger partial charge on any atom is -0.340 e. The Morgan fingerprint density at radius 2 is 2.44 bits per heavy atom. The third-order valence-electron chi connectivity index (χ3n) is 2.41. The lowest BCUT2D eigenvalue weighted by molar-refractivity contribution is 0.386. The number of hydrogen-bond acceptors (Lipinski definition) is 5. The quantitative estimate of drug-likeness (QED) is 0.867. The second-order valence-corrected chi connectivity index (χ2v) is 4.49. The normalized spacial score (nSPS) is 12.9. The lowest BCUT2D eigenvalue weighted by Gasteiger charge is -2.10. The van der Waals surface area contributed by atoms with Gasteiger partial charge in [0.05, 0.1) is 0 Å². The van der Waals surface area contributed by atoms with E-state index in [1.165, 1.54) is 5.56 Å². The average Bonchev–Trinajstić information content (AvgIpc) is 2.89. The molecule has 1 unspecified atom stereocenters. The summed E-state index contributed by atoms with van der Waals surface area (Å²) in [6.07, 6.45) is 0.797. The second-order valence-electron chi connectivity index (χ2n) is 3.71. The van der Waals surface area contributed by atoms with Gasteiger partial charge in [0, 0.05) is 25.9 Å². The fraction of sp³-hybridized carbons (Fsp3) is 0.455. The maximum atomic E-state index is 4.91. The third-order valence-corrected chi connectivity index (χ3v) is 3.11. The predicted octanol–water partition coefficient (Wildman–Crippen LogP) is 2.33. The standard InChI is InChI=1S/C11H15N3OS/c1-8(10-4-6-16-7-10)12-5-3-11-13-9(2)15-14-11/h4,6-8,12H,3,5H2,1-2H3. The highest BCUT2D eigenvalue weighted by Crippen LogP contribution is 2.15. The molecule has 0 aliphatic carbocycles. The maximum Gasteiger partial charge on any atom is 0.223 e. The van der Waals surface area contributed by atoms with E-state index in [0.29, 0.717) is 11.9 Å². The van der Waals surface area contributed by atoms with Crippen molar-refractivity contribution in [1.29, 1.82) is 0 Å². The molecule has 2 aromatic heterocycles. The van der Waals surface area contributed by atoms with Gasteiger partial charge in [0.25, 0.3) is 0 Å². The number of hydrogen-bond donors (Lipinski definition) is 1. The van der Waals surface area contributed by atoms with E-state index in [1.807, 2.05) is 0 Å². The lowest BCUT2D eigenvalue weighted by Crippen LogP contribution is -2.21. The molecular formula is C11H15N3OS. The Bertz CT molecular complexity index is 424. The van der Waals surface area contributed by atoms with Crippen molar-refractivity contribution >= 4 is 11.3 Å². The van der Waals surface area contributed by atoms with Crippen LogP contribution in [0.5, 0.6) is 0 Å². The molecule has 2 rings (SSSR count). The summed E-state index contributed by atoms with van der Waals surface area (Å²) in [5.74, 6) is 1.39. The van der Waals surface area contributed by atoms with E-state index in [-0.39, 0.29) is 0 Å². The number of thiophene rings is 1. The van der Waals surface area contributed by atoms with Crippen LogP contribution in [-0.4, -0.2) is 16.7 Å². The second kappa shape index (κ2) is 5.23. The highest BCUT2D eigenvalue weighted by molar-refractivity contribution is 7.07. The van der Waals surface area contributed by atoms with Gasteiger partial charge in [0.1, 0.15) is 0 Å². The zero-order valence-electron chi connectivity index (χ0n) is 9.43. The van der Waals surface area contributed by atoms with E-state index in [1.54, 1.807) is 18.3 Å². The molecule has 0 aliphatic heterocycles. The molecule has 4 nitrogen and oxygen atoms in total. The molecule has 0 saturated carbocycles. The molecule has 2 aromatic rings. The fourth-order valence-electron chi connectivity index (χ4n) is 1.48. The van der Waals surface area contributed by atoms with E-state index in [9.17, 15) is 0 Å². The van der Waals surface area contributed by atoms with E-state index < -0.39 is 0 Å². The lowest BCUT2D eigenvalue weighted by atomic mass is 10.2. The zero-order chi connectivity index (χ0) is 11.4. The van der Waals surface area contributed by atoms with Gasteiger partial charge >= 0.3 is 0 Å². The molecule has 0 amide bonds. The topological polar surface area (TPSA) is 51.0 Å². The molecule has 0 bridgehead atoms. The molecule has 0 spiro atoms. The summed E-state index contributed by atoms with van der Waals surface area (Å²) in [7, 11) is 0. The van der Waals surface area contributed by atoms with Crippen molar-refractivity contribution in [2.75, 3.05) is 6.54 Å². The summed E-state index contributed by atoms with van der Waals surface area (Å²) in [5, 5.41) is 11.5. The van der Waals surface area contributed by atoms with Crippen molar-refractivity contribution in [3.05, 3.63) is 34.1 Å². The summed E-state index contributed by atoms with van der Waals surface area (Å²) < 4.78 is 4.91. The van der Waals surface area contributed by atoms with Crippen LogP contribution in [0, 0.1) is 6.92 Å². The van der Waals surface area contributed by atoms with E-state index >= 15 is 0 Å². The van der Waals surface area contributed by atoms with Gasteiger partial charge in [-0.3, -0.25) is 0 Å². The molecule has 5 heteroatoms. The number of nitrogens with zero attached hydrogens (tertiary/aromatic N) is 2. The van der Waals surface area contributed by atoms with Gasteiger partial charge in [-0.05, 0) is 29.3 Å². The van der Waals surface area contributed by atoms with Gasteiger partial charge in [0.15, 0.2) is 5.82 Å². The van der Waals surface area contributed by atoms with Crippen LogP contribution < -0.4 is 5.32 Å². The van der Waals surface area contributed by atoms with Gasteiger partial charge in [0.2, 0.25) is 5.89 Å². The van der Waals surface area contributed by atoms with E-state index in [4.69, 9.17) is 4.52 Å². The molecule has 0 aliphatic rings. The van der Waals surface area contributed by atoms with Crippen molar-refractivity contribution in [2.24, 2.45) is 0 Å². The highest BCUT2D eigenvalue weighted by atomic mass is 32.1. The highest BCUT2D eigenvalue weighted by Gasteiger charge is 2.06. The van der Waals surface area contributed by atoms with E-state index in [2.05, 4.69) is 39.2 Å². The molecule has 16 heavy (non-hydrogen) atoms. The first-order valence-electron chi connectivity index (χ1n) is 5.30.